The van der Waals surface area contributed by atoms with Gasteiger partial charge in [-0.15, -0.1) is 10.2 Å². The summed E-state index contributed by atoms with van der Waals surface area (Å²) in [6.07, 6.45) is 0. The Morgan fingerprint density at radius 2 is 1.83 bits per heavy atom. The molecule has 29 heavy (non-hydrogen) atoms. The fourth-order valence-electron chi connectivity index (χ4n) is 2.48. The molecule has 0 fully saturated rings. The summed E-state index contributed by atoms with van der Waals surface area (Å²) in [4.78, 5) is 23.5. The van der Waals surface area contributed by atoms with Crippen LogP contribution in [-0.2, 0) is 4.79 Å². The van der Waals surface area contributed by atoms with E-state index in [1.54, 1.807) is 31.2 Å². The number of hydrogen-bond acceptors (Lipinski definition) is 7. The van der Waals surface area contributed by atoms with Crippen LogP contribution in [0.15, 0.2) is 46.8 Å². The van der Waals surface area contributed by atoms with Crippen LogP contribution in [0.5, 0.6) is 0 Å². The molecule has 0 aliphatic heterocycles. The lowest BCUT2D eigenvalue weighted by atomic mass is 10.1. The number of primary amides is 1. The highest BCUT2D eigenvalue weighted by Crippen LogP contribution is 2.32. The number of amides is 2. The van der Waals surface area contributed by atoms with E-state index in [0.29, 0.717) is 20.7 Å². The number of nitrogens with one attached hydrogen (secondary N) is 2. The van der Waals surface area contributed by atoms with E-state index in [0.717, 1.165) is 11.3 Å². The first kappa shape index (κ1) is 20.8. The SMILES string of the molecule is Cc1cccc(Nc2nnc(SC(C)C(=O)Nc3ccc(C(N)=O)cc3)s2)c1C. The molecular formula is C20H21N5O2S2. The van der Waals surface area contributed by atoms with E-state index >= 15 is 0 Å². The normalized spacial score (nSPS) is 11.7. The molecule has 3 rings (SSSR count). The zero-order valence-electron chi connectivity index (χ0n) is 16.2. The van der Waals surface area contributed by atoms with Crippen molar-refractivity contribution in [1.29, 1.82) is 0 Å². The molecule has 2 amide bonds. The minimum atomic E-state index is -0.506. The van der Waals surface area contributed by atoms with Gasteiger partial charge in [0, 0.05) is 16.9 Å². The minimum Gasteiger partial charge on any atom is -0.366 e. The molecule has 4 N–H and O–H groups in total. The van der Waals surface area contributed by atoms with E-state index in [9.17, 15) is 9.59 Å². The number of thioether (sulfide) groups is 1. The summed E-state index contributed by atoms with van der Waals surface area (Å²) in [5.74, 6) is -0.672. The van der Waals surface area contributed by atoms with Gasteiger partial charge in [-0.2, -0.15) is 0 Å². The summed E-state index contributed by atoms with van der Waals surface area (Å²) in [5, 5.41) is 14.7. The van der Waals surface area contributed by atoms with Gasteiger partial charge in [0.1, 0.15) is 0 Å². The molecule has 0 bridgehead atoms. The largest absolute Gasteiger partial charge is 0.366 e. The lowest BCUT2D eigenvalue weighted by Crippen LogP contribution is -2.22. The van der Waals surface area contributed by atoms with Gasteiger partial charge >= 0.3 is 0 Å². The van der Waals surface area contributed by atoms with E-state index < -0.39 is 5.91 Å². The Kier molecular flexibility index (Phi) is 6.50. The number of anilines is 3. The van der Waals surface area contributed by atoms with Gasteiger partial charge in [-0.3, -0.25) is 9.59 Å². The molecule has 0 aliphatic rings. The number of nitrogens with zero attached hydrogens (tertiary/aromatic N) is 2. The molecule has 3 aromatic rings. The van der Waals surface area contributed by atoms with Crippen LogP contribution in [0.25, 0.3) is 0 Å². The van der Waals surface area contributed by atoms with Crippen LogP contribution >= 0.6 is 23.1 Å². The van der Waals surface area contributed by atoms with E-state index in [1.807, 2.05) is 12.1 Å². The van der Waals surface area contributed by atoms with Crippen LogP contribution in [0, 0.1) is 13.8 Å². The van der Waals surface area contributed by atoms with Crippen molar-refractivity contribution in [3.8, 4) is 0 Å². The maximum Gasteiger partial charge on any atom is 0.248 e. The van der Waals surface area contributed by atoms with Crippen LogP contribution in [0.4, 0.5) is 16.5 Å². The van der Waals surface area contributed by atoms with Crippen molar-refractivity contribution >= 4 is 51.4 Å². The van der Waals surface area contributed by atoms with E-state index in [-0.39, 0.29) is 11.2 Å². The second kappa shape index (κ2) is 9.06. The first-order valence-corrected chi connectivity index (χ1v) is 10.6. The van der Waals surface area contributed by atoms with Crippen molar-refractivity contribution in [3.63, 3.8) is 0 Å². The Labute approximate surface area is 177 Å². The molecule has 7 nitrogen and oxygen atoms in total. The number of rotatable bonds is 7. The molecule has 0 radical (unpaired) electrons. The quantitative estimate of drug-likeness (QED) is 0.489. The smallest absolute Gasteiger partial charge is 0.248 e. The number of aryl methyl sites for hydroxylation is 1. The lowest BCUT2D eigenvalue weighted by molar-refractivity contribution is -0.115. The number of aromatic nitrogens is 2. The third-order valence-electron chi connectivity index (χ3n) is 4.34. The molecule has 1 unspecified atom stereocenters. The maximum absolute atomic E-state index is 12.4. The molecule has 2 aromatic carbocycles. The summed E-state index contributed by atoms with van der Waals surface area (Å²) < 4.78 is 0.699. The lowest BCUT2D eigenvalue weighted by Gasteiger charge is -2.10. The van der Waals surface area contributed by atoms with Crippen molar-refractivity contribution < 1.29 is 9.59 Å². The summed E-state index contributed by atoms with van der Waals surface area (Å²) in [5.41, 5.74) is 9.56. The third-order valence-corrected chi connectivity index (χ3v) is 6.36. The van der Waals surface area contributed by atoms with E-state index in [2.05, 4.69) is 40.7 Å². The predicted molar refractivity (Wildman–Crippen MR) is 118 cm³/mol. The molecule has 1 aromatic heterocycles. The predicted octanol–water partition coefficient (Wildman–Crippen LogP) is 4.12. The fourth-order valence-corrected chi connectivity index (χ4v) is 4.38. The van der Waals surface area contributed by atoms with Crippen molar-refractivity contribution in [2.45, 2.75) is 30.4 Å². The van der Waals surface area contributed by atoms with Crippen molar-refractivity contribution in [2.75, 3.05) is 10.6 Å². The fraction of sp³-hybridized carbons (Fsp3) is 0.200. The second-order valence-corrected chi connectivity index (χ2v) is 9.00. The average Bonchev–Trinajstić information content (AvgIpc) is 3.12. The Morgan fingerprint density at radius 3 is 2.52 bits per heavy atom. The number of nitrogens with two attached hydrogens (primary N) is 1. The maximum atomic E-state index is 12.4. The number of benzene rings is 2. The summed E-state index contributed by atoms with van der Waals surface area (Å²) in [6.45, 7) is 5.91. The average molecular weight is 428 g/mol. The summed E-state index contributed by atoms with van der Waals surface area (Å²) >= 11 is 2.73. The Morgan fingerprint density at radius 1 is 1.10 bits per heavy atom. The van der Waals surface area contributed by atoms with Crippen molar-refractivity contribution in [2.24, 2.45) is 5.73 Å². The van der Waals surface area contributed by atoms with Crippen LogP contribution in [-0.4, -0.2) is 27.3 Å². The minimum absolute atomic E-state index is 0.166. The molecule has 150 valence electrons. The number of carbonyl (C=O) groups excluding carboxylic acids is 2. The van der Waals surface area contributed by atoms with Crippen molar-refractivity contribution in [3.05, 3.63) is 59.2 Å². The van der Waals surface area contributed by atoms with Crippen LogP contribution < -0.4 is 16.4 Å². The molecule has 0 saturated carbocycles. The zero-order valence-corrected chi connectivity index (χ0v) is 17.9. The highest BCUT2D eigenvalue weighted by Gasteiger charge is 2.18. The van der Waals surface area contributed by atoms with Crippen LogP contribution in [0.2, 0.25) is 0 Å². The number of hydrogen-bond donors (Lipinski definition) is 3. The van der Waals surface area contributed by atoms with Crippen LogP contribution in [0.3, 0.4) is 0 Å². The van der Waals surface area contributed by atoms with Gasteiger partial charge in [-0.05, 0) is 62.2 Å². The Hall–Kier alpha value is -2.91. The topological polar surface area (TPSA) is 110 Å². The molecule has 1 heterocycles. The van der Waals surface area contributed by atoms with Crippen molar-refractivity contribution in [1.82, 2.24) is 10.2 Å². The monoisotopic (exact) mass is 427 g/mol. The van der Waals surface area contributed by atoms with Gasteiger partial charge in [0.15, 0.2) is 4.34 Å². The van der Waals surface area contributed by atoms with E-state index in [1.165, 1.54) is 28.7 Å². The molecule has 0 spiro atoms. The first-order valence-electron chi connectivity index (χ1n) is 8.87. The van der Waals surface area contributed by atoms with Crippen LogP contribution in [0.1, 0.15) is 28.4 Å². The Balaban J connectivity index is 1.59. The molecule has 1 atom stereocenters. The molecule has 9 heteroatoms. The highest BCUT2D eigenvalue weighted by atomic mass is 32.2. The van der Waals surface area contributed by atoms with Gasteiger partial charge in [0.25, 0.3) is 0 Å². The van der Waals surface area contributed by atoms with Gasteiger partial charge < -0.3 is 16.4 Å². The zero-order chi connectivity index (χ0) is 21.0. The number of carbonyl (C=O) groups is 2. The van der Waals surface area contributed by atoms with Gasteiger partial charge in [-0.25, -0.2) is 0 Å². The highest BCUT2D eigenvalue weighted by molar-refractivity contribution is 8.02. The summed E-state index contributed by atoms with van der Waals surface area (Å²) in [6, 6.07) is 12.5. The Bertz CT molecular complexity index is 1030. The van der Waals surface area contributed by atoms with Gasteiger partial charge in [0.2, 0.25) is 16.9 Å². The van der Waals surface area contributed by atoms with E-state index in [4.69, 9.17) is 5.73 Å². The standard InChI is InChI=1S/C20H21N5O2S2/c1-11-5-4-6-16(12(11)2)23-19-24-25-20(29-19)28-13(3)18(27)22-15-9-7-14(8-10-15)17(21)26/h4-10,13H,1-3H3,(H2,21,26)(H,22,27)(H,23,24). The van der Waals surface area contributed by atoms with Gasteiger partial charge in [0.05, 0.1) is 5.25 Å². The van der Waals surface area contributed by atoms with Gasteiger partial charge in [-0.1, -0.05) is 35.2 Å². The second-order valence-electron chi connectivity index (χ2n) is 6.44. The third kappa shape index (κ3) is 5.33. The molecule has 0 aliphatic carbocycles. The molecular weight excluding hydrogens is 406 g/mol. The summed E-state index contributed by atoms with van der Waals surface area (Å²) in [7, 11) is 0. The first-order chi connectivity index (χ1) is 13.8. The molecule has 0 saturated heterocycles.